The second-order valence-electron chi connectivity index (χ2n) is 5.49. The van der Waals surface area contributed by atoms with Crippen LogP contribution in [0.3, 0.4) is 0 Å². The van der Waals surface area contributed by atoms with E-state index in [0.717, 1.165) is 38.2 Å². The molecule has 20 heavy (non-hydrogen) atoms. The van der Waals surface area contributed by atoms with Crippen molar-refractivity contribution in [1.29, 1.82) is 0 Å². The summed E-state index contributed by atoms with van der Waals surface area (Å²) in [4.78, 5) is 21.2. The van der Waals surface area contributed by atoms with Crippen molar-refractivity contribution in [1.82, 2.24) is 14.8 Å². The average molecular weight is 296 g/mol. The van der Waals surface area contributed by atoms with Gasteiger partial charge in [-0.3, -0.25) is 4.79 Å². The van der Waals surface area contributed by atoms with Crippen LogP contribution in [0.25, 0.3) is 0 Å². The third kappa shape index (κ3) is 3.49. The average Bonchev–Trinajstić information content (AvgIpc) is 2.57. The molecule has 0 spiro atoms. The number of nitrogens with zero attached hydrogens (tertiary/aromatic N) is 3. The SMILES string of the molecule is CCc1cc(C(=O)N2CCCN(C)CC2C)cc(Cl)n1. The van der Waals surface area contributed by atoms with Crippen molar-refractivity contribution in [2.24, 2.45) is 0 Å². The molecule has 1 aliphatic heterocycles. The highest BCUT2D eigenvalue weighted by Gasteiger charge is 2.25. The maximum absolute atomic E-state index is 12.7. The highest BCUT2D eigenvalue weighted by molar-refractivity contribution is 6.29. The molecule has 1 amide bonds. The number of amides is 1. The summed E-state index contributed by atoms with van der Waals surface area (Å²) in [5.74, 6) is 0.0619. The lowest BCUT2D eigenvalue weighted by Crippen LogP contribution is -2.42. The first-order chi connectivity index (χ1) is 9.51. The molecule has 1 saturated heterocycles. The monoisotopic (exact) mass is 295 g/mol. The van der Waals surface area contributed by atoms with Gasteiger partial charge in [0.2, 0.25) is 0 Å². The van der Waals surface area contributed by atoms with Crippen LogP contribution in [0.2, 0.25) is 5.15 Å². The summed E-state index contributed by atoms with van der Waals surface area (Å²) < 4.78 is 0. The number of aromatic nitrogens is 1. The summed E-state index contributed by atoms with van der Waals surface area (Å²) in [5, 5.41) is 0.396. The Bertz CT molecular complexity index is 492. The molecule has 4 nitrogen and oxygen atoms in total. The predicted molar refractivity (Wildman–Crippen MR) is 81.2 cm³/mol. The topological polar surface area (TPSA) is 36.4 Å². The van der Waals surface area contributed by atoms with Gasteiger partial charge in [-0.2, -0.15) is 0 Å². The van der Waals surface area contributed by atoms with Crippen molar-refractivity contribution in [3.8, 4) is 0 Å². The fourth-order valence-corrected chi connectivity index (χ4v) is 2.92. The lowest BCUT2D eigenvalue weighted by Gasteiger charge is -2.28. The smallest absolute Gasteiger partial charge is 0.254 e. The molecular weight excluding hydrogens is 274 g/mol. The minimum atomic E-state index is 0.0619. The molecule has 0 N–H and O–H groups in total. The van der Waals surface area contributed by atoms with Gasteiger partial charge in [-0.1, -0.05) is 18.5 Å². The van der Waals surface area contributed by atoms with Gasteiger partial charge in [-0.25, -0.2) is 4.98 Å². The Morgan fingerprint density at radius 3 is 2.90 bits per heavy atom. The van der Waals surface area contributed by atoms with Crippen LogP contribution in [0.5, 0.6) is 0 Å². The van der Waals surface area contributed by atoms with Gasteiger partial charge in [-0.15, -0.1) is 0 Å². The number of likely N-dealkylation sites (N-methyl/N-ethyl adjacent to an activating group) is 1. The summed E-state index contributed by atoms with van der Waals surface area (Å²) in [6, 6.07) is 3.74. The molecular formula is C15H22ClN3O. The van der Waals surface area contributed by atoms with Crippen molar-refractivity contribution in [2.45, 2.75) is 32.7 Å². The van der Waals surface area contributed by atoms with E-state index in [1.165, 1.54) is 0 Å². The van der Waals surface area contributed by atoms with E-state index < -0.39 is 0 Å². The van der Waals surface area contributed by atoms with E-state index in [0.29, 0.717) is 10.7 Å². The fourth-order valence-electron chi connectivity index (χ4n) is 2.70. The van der Waals surface area contributed by atoms with Crippen LogP contribution in [0.1, 0.15) is 36.3 Å². The van der Waals surface area contributed by atoms with Crippen molar-refractivity contribution >= 4 is 17.5 Å². The summed E-state index contributed by atoms with van der Waals surface area (Å²) in [5.41, 5.74) is 1.51. The first kappa shape index (κ1) is 15.3. The molecule has 0 bridgehead atoms. The van der Waals surface area contributed by atoms with E-state index in [-0.39, 0.29) is 11.9 Å². The highest BCUT2D eigenvalue weighted by atomic mass is 35.5. The number of aryl methyl sites for hydroxylation is 1. The second kappa shape index (κ2) is 6.55. The molecule has 5 heteroatoms. The van der Waals surface area contributed by atoms with Gasteiger partial charge in [0.15, 0.2) is 0 Å². The minimum absolute atomic E-state index is 0.0619. The second-order valence-corrected chi connectivity index (χ2v) is 5.87. The number of hydrogen-bond donors (Lipinski definition) is 0. The third-order valence-corrected chi connectivity index (χ3v) is 3.96. The Balaban J connectivity index is 2.23. The number of carbonyl (C=O) groups is 1. The summed E-state index contributed by atoms with van der Waals surface area (Å²) in [7, 11) is 2.10. The van der Waals surface area contributed by atoms with Crippen LogP contribution < -0.4 is 0 Å². The highest BCUT2D eigenvalue weighted by Crippen LogP contribution is 2.17. The minimum Gasteiger partial charge on any atom is -0.335 e. The molecule has 1 atom stereocenters. The molecule has 2 heterocycles. The van der Waals surface area contributed by atoms with Crippen LogP contribution in [-0.2, 0) is 6.42 Å². The molecule has 0 aromatic carbocycles. The predicted octanol–water partition coefficient (Wildman–Crippen LogP) is 2.46. The number of halogens is 1. The quantitative estimate of drug-likeness (QED) is 0.787. The van der Waals surface area contributed by atoms with Gasteiger partial charge in [0.25, 0.3) is 5.91 Å². The molecule has 1 fully saturated rings. The van der Waals surface area contributed by atoms with Gasteiger partial charge in [-0.05, 0) is 45.5 Å². The molecule has 1 aromatic rings. The van der Waals surface area contributed by atoms with Crippen LogP contribution in [0.4, 0.5) is 0 Å². The normalized spacial score (nSPS) is 20.8. The summed E-state index contributed by atoms with van der Waals surface area (Å²) in [6.45, 7) is 6.85. The zero-order valence-electron chi connectivity index (χ0n) is 12.4. The van der Waals surface area contributed by atoms with E-state index in [1.807, 2.05) is 17.9 Å². The van der Waals surface area contributed by atoms with Gasteiger partial charge in [0.05, 0.1) is 0 Å². The fraction of sp³-hybridized carbons (Fsp3) is 0.600. The van der Waals surface area contributed by atoms with E-state index in [4.69, 9.17) is 11.6 Å². The van der Waals surface area contributed by atoms with E-state index in [9.17, 15) is 4.79 Å². The van der Waals surface area contributed by atoms with E-state index in [1.54, 1.807) is 6.07 Å². The number of pyridine rings is 1. The van der Waals surface area contributed by atoms with E-state index in [2.05, 4.69) is 23.9 Å². The lowest BCUT2D eigenvalue weighted by molar-refractivity contribution is 0.0696. The molecule has 110 valence electrons. The maximum atomic E-state index is 12.7. The largest absolute Gasteiger partial charge is 0.335 e. The van der Waals surface area contributed by atoms with Gasteiger partial charge in [0, 0.05) is 30.4 Å². The van der Waals surface area contributed by atoms with Crippen LogP contribution in [-0.4, -0.2) is 53.4 Å². The molecule has 0 radical (unpaired) electrons. The van der Waals surface area contributed by atoms with Gasteiger partial charge < -0.3 is 9.80 Å². The number of hydrogen-bond acceptors (Lipinski definition) is 3. The standard InChI is InChI=1S/C15H22ClN3O/c1-4-13-8-12(9-14(16)17-13)15(20)19-7-5-6-18(3)10-11(19)2/h8-9,11H,4-7,10H2,1-3H3. The third-order valence-electron chi connectivity index (χ3n) is 3.76. The lowest BCUT2D eigenvalue weighted by atomic mass is 10.1. The summed E-state index contributed by atoms with van der Waals surface area (Å²) in [6.07, 6.45) is 1.78. The molecule has 2 rings (SSSR count). The Morgan fingerprint density at radius 1 is 1.45 bits per heavy atom. The first-order valence-electron chi connectivity index (χ1n) is 7.17. The molecule has 1 unspecified atom stereocenters. The number of carbonyl (C=O) groups excluding carboxylic acids is 1. The summed E-state index contributed by atoms with van der Waals surface area (Å²) >= 11 is 6.01. The van der Waals surface area contributed by atoms with Gasteiger partial charge >= 0.3 is 0 Å². The Kier molecular flexibility index (Phi) is 5.00. The van der Waals surface area contributed by atoms with Gasteiger partial charge in [0.1, 0.15) is 5.15 Å². The van der Waals surface area contributed by atoms with Crippen molar-refractivity contribution in [3.63, 3.8) is 0 Å². The van der Waals surface area contributed by atoms with Crippen LogP contribution in [0.15, 0.2) is 12.1 Å². The molecule has 1 aromatic heterocycles. The Morgan fingerprint density at radius 2 is 2.20 bits per heavy atom. The Hall–Kier alpha value is -1.13. The van der Waals surface area contributed by atoms with Crippen molar-refractivity contribution < 1.29 is 4.79 Å². The molecule has 1 aliphatic rings. The molecule has 0 saturated carbocycles. The first-order valence-corrected chi connectivity index (χ1v) is 7.55. The van der Waals surface area contributed by atoms with Crippen molar-refractivity contribution in [3.05, 3.63) is 28.5 Å². The zero-order chi connectivity index (χ0) is 14.7. The molecule has 0 aliphatic carbocycles. The number of rotatable bonds is 2. The Labute approximate surface area is 125 Å². The van der Waals surface area contributed by atoms with Crippen LogP contribution in [0, 0.1) is 0 Å². The van der Waals surface area contributed by atoms with Crippen LogP contribution >= 0.6 is 11.6 Å². The maximum Gasteiger partial charge on any atom is 0.254 e. The van der Waals surface area contributed by atoms with Crippen molar-refractivity contribution in [2.75, 3.05) is 26.7 Å². The van der Waals surface area contributed by atoms with E-state index >= 15 is 0 Å². The zero-order valence-corrected chi connectivity index (χ0v) is 13.2.